The molecule has 23 heavy (non-hydrogen) atoms. The average Bonchev–Trinajstić information content (AvgIpc) is 2.56. The van der Waals surface area contributed by atoms with Gasteiger partial charge in [0, 0.05) is 5.56 Å². The van der Waals surface area contributed by atoms with Crippen LogP contribution in [0.25, 0.3) is 0 Å². The van der Waals surface area contributed by atoms with Crippen molar-refractivity contribution >= 4 is 11.8 Å². The largest absolute Gasteiger partial charge is 0.507 e. The predicted molar refractivity (Wildman–Crippen MR) is 85.0 cm³/mol. The summed E-state index contributed by atoms with van der Waals surface area (Å²) in [7, 11) is 1.54. The van der Waals surface area contributed by atoms with E-state index in [4.69, 9.17) is 9.47 Å². The SMILES string of the molecule is COc1ccc(C(=O)C(C)OC(=O)c2cc(C)ccc2O)cc1. The van der Waals surface area contributed by atoms with Crippen LogP contribution in [-0.4, -0.2) is 30.1 Å². The van der Waals surface area contributed by atoms with Crippen LogP contribution in [0, 0.1) is 6.92 Å². The first kappa shape index (κ1) is 16.5. The summed E-state index contributed by atoms with van der Waals surface area (Å²) in [6.07, 6.45) is -0.962. The van der Waals surface area contributed by atoms with E-state index in [0.717, 1.165) is 5.56 Å². The fourth-order valence-electron chi connectivity index (χ4n) is 2.08. The lowest BCUT2D eigenvalue weighted by molar-refractivity contribution is 0.0316. The highest BCUT2D eigenvalue weighted by atomic mass is 16.5. The molecule has 0 saturated carbocycles. The second-order valence-electron chi connectivity index (χ2n) is 5.16. The number of methoxy groups -OCH3 is 1. The second-order valence-corrected chi connectivity index (χ2v) is 5.16. The number of phenols is 1. The minimum atomic E-state index is -0.962. The number of benzene rings is 2. The maximum absolute atomic E-state index is 12.3. The number of hydrogen-bond acceptors (Lipinski definition) is 5. The van der Waals surface area contributed by atoms with Gasteiger partial charge in [-0.3, -0.25) is 4.79 Å². The Balaban J connectivity index is 2.10. The Hall–Kier alpha value is -2.82. The highest BCUT2D eigenvalue weighted by Crippen LogP contribution is 2.20. The second kappa shape index (κ2) is 6.96. The molecule has 0 aliphatic carbocycles. The Kier molecular flexibility index (Phi) is 5.01. The molecule has 1 atom stereocenters. The number of hydrogen-bond donors (Lipinski definition) is 1. The first-order chi connectivity index (χ1) is 10.9. The minimum absolute atomic E-state index is 0.0411. The van der Waals surface area contributed by atoms with E-state index < -0.39 is 12.1 Å². The molecule has 0 aromatic heterocycles. The van der Waals surface area contributed by atoms with Crippen molar-refractivity contribution in [2.24, 2.45) is 0 Å². The molecular formula is C18H18O5. The van der Waals surface area contributed by atoms with Gasteiger partial charge in [0.05, 0.1) is 7.11 Å². The number of aryl methyl sites for hydroxylation is 1. The number of ether oxygens (including phenoxy) is 2. The molecule has 0 saturated heterocycles. The third kappa shape index (κ3) is 3.88. The molecule has 0 spiro atoms. The van der Waals surface area contributed by atoms with E-state index in [-0.39, 0.29) is 17.1 Å². The van der Waals surface area contributed by atoms with Gasteiger partial charge in [-0.25, -0.2) is 4.79 Å². The quantitative estimate of drug-likeness (QED) is 0.678. The molecule has 1 unspecified atom stereocenters. The van der Waals surface area contributed by atoms with Crippen molar-refractivity contribution < 1.29 is 24.2 Å². The lowest BCUT2D eigenvalue weighted by Gasteiger charge is -2.13. The summed E-state index contributed by atoms with van der Waals surface area (Å²) in [5.41, 5.74) is 1.27. The van der Waals surface area contributed by atoms with E-state index in [1.165, 1.54) is 26.2 Å². The summed E-state index contributed by atoms with van der Waals surface area (Å²) in [5, 5.41) is 9.73. The normalized spacial score (nSPS) is 11.6. The third-order valence-corrected chi connectivity index (χ3v) is 3.40. The fourth-order valence-corrected chi connectivity index (χ4v) is 2.08. The molecule has 1 N–H and O–H groups in total. The monoisotopic (exact) mass is 314 g/mol. The topological polar surface area (TPSA) is 72.8 Å². The summed E-state index contributed by atoms with van der Waals surface area (Å²) in [6.45, 7) is 3.29. The van der Waals surface area contributed by atoms with Crippen LogP contribution in [0.1, 0.15) is 33.2 Å². The summed E-state index contributed by atoms with van der Waals surface area (Å²) in [6, 6.07) is 11.1. The van der Waals surface area contributed by atoms with Gasteiger partial charge in [0.25, 0.3) is 0 Å². The van der Waals surface area contributed by atoms with Crippen LogP contribution in [0.2, 0.25) is 0 Å². The molecule has 5 nitrogen and oxygen atoms in total. The van der Waals surface area contributed by atoms with Gasteiger partial charge in [-0.05, 0) is 50.2 Å². The van der Waals surface area contributed by atoms with Gasteiger partial charge < -0.3 is 14.6 Å². The number of esters is 1. The Morgan fingerprint density at radius 1 is 1.09 bits per heavy atom. The molecule has 2 aromatic carbocycles. The Morgan fingerprint density at radius 3 is 2.35 bits per heavy atom. The zero-order valence-corrected chi connectivity index (χ0v) is 13.2. The molecule has 2 rings (SSSR count). The first-order valence-corrected chi connectivity index (χ1v) is 7.11. The van der Waals surface area contributed by atoms with E-state index in [1.54, 1.807) is 37.3 Å². The van der Waals surface area contributed by atoms with Gasteiger partial charge >= 0.3 is 5.97 Å². The number of carbonyl (C=O) groups excluding carboxylic acids is 2. The summed E-state index contributed by atoms with van der Waals surface area (Å²) >= 11 is 0. The molecular weight excluding hydrogens is 296 g/mol. The van der Waals surface area contributed by atoms with Crippen molar-refractivity contribution in [2.75, 3.05) is 7.11 Å². The standard InChI is InChI=1S/C18H18O5/c1-11-4-9-16(19)15(10-11)18(21)23-12(2)17(20)13-5-7-14(22-3)8-6-13/h4-10,12,19H,1-3H3. The van der Waals surface area contributed by atoms with Crippen molar-refractivity contribution in [3.63, 3.8) is 0 Å². The van der Waals surface area contributed by atoms with Crippen LogP contribution in [-0.2, 0) is 4.74 Å². The minimum Gasteiger partial charge on any atom is -0.507 e. The Morgan fingerprint density at radius 2 is 1.74 bits per heavy atom. The molecule has 5 heteroatoms. The predicted octanol–water partition coefficient (Wildman–Crippen LogP) is 3.14. The van der Waals surface area contributed by atoms with Crippen molar-refractivity contribution in [2.45, 2.75) is 20.0 Å². The maximum Gasteiger partial charge on any atom is 0.342 e. The van der Waals surface area contributed by atoms with Crippen LogP contribution in [0.5, 0.6) is 11.5 Å². The van der Waals surface area contributed by atoms with Gasteiger partial charge in [0.15, 0.2) is 6.10 Å². The zero-order valence-electron chi connectivity index (χ0n) is 13.2. The first-order valence-electron chi connectivity index (χ1n) is 7.11. The number of aromatic hydroxyl groups is 1. The van der Waals surface area contributed by atoms with Crippen molar-refractivity contribution in [3.05, 3.63) is 59.2 Å². The van der Waals surface area contributed by atoms with Gasteiger partial charge in [0.1, 0.15) is 17.1 Å². The highest BCUT2D eigenvalue weighted by Gasteiger charge is 2.22. The van der Waals surface area contributed by atoms with Gasteiger partial charge in [-0.2, -0.15) is 0 Å². The van der Waals surface area contributed by atoms with E-state index in [1.807, 2.05) is 0 Å². The van der Waals surface area contributed by atoms with E-state index >= 15 is 0 Å². The third-order valence-electron chi connectivity index (χ3n) is 3.40. The molecule has 0 aliphatic heterocycles. The molecule has 0 fully saturated rings. The van der Waals surface area contributed by atoms with Crippen molar-refractivity contribution in [3.8, 4) is 11.5 Å². The molecule has 0 amide bonds. The number of carbonyl (C=O) groups is 2. The molecule has 0 bridgehead atoms. The zero-order chi connectivity index (χ0) is 17.0. The summed E-state index contributed by atoms with van der Waals surface area (Å²) in [5.74, 6) is -0.603. The summed E-state index contributed by atoms with van der Waals surface area (Å²) < 4.78 is 10.2. The fraction of sp³-hybridized carbons (Fsp3) is 0.222. The molecule has 2 aromatic rings. The van der Waals surface area contributed by atoms with Crippen LogP contribution in [0.4, 0.5) is 0 Å². The maximum atomic E-state index is 12.3. The van der Waals surface area contributed by atoms with Crippen molar-refractivity contribution in [1.82, 2.24) is 0 Å². The number of Topliss-reactive ketones (excluding diaryl/α,β-unsaturated/α-hetero) is 1. The number of rotatable bonds is 5. The van der Waals surface area contributed by atoms with E-state index in [2.05, 4.69) is 0 Å². The van der Waals surface area contributed by atoms with Crippen molar-refractivity contribution in [1.29, 1.82) is 0 Å². The lowest BCUT2D eigenvalue weighted by atomic mass is 10.1. The highest BCUT2D eigenvalue weighted by molar-refractivity contribution is 6.02. The number of ketones is 1. The van der Waals surface area contributed by atoms with E-state index in [9.17, 15) is 14.7 Å². The molecule has 0 heterocycles. The lowest BCUT2D eigenvalue weighted by Crippen LogP contribution is -2.24. The Bertz CT molecular complexity index is 719. The van der Waals surface area contributed by atoms with Crippen LogP contribution < -0.4 is 4.74 Å². The van der Waals surface area contributed by atoms with E-state index in [0.29, 0.717) is 11.3 Å². The number of phenolic OH excluding ortho intramolecular Hbond substituents is 1. The summed E-state index contributed by atoms with van der Waals surface area (Å²) in [4.78, 5) is 24.4. The smallest absolute Gasteiger partial charge is 0.342 e. The van der Waals surface area contributed by atoms with Crippen LogP contribution in [0.15, 0.2) is 42.5 Å². The molecule has 0 radical (unpaired) electrons. The average molecular weight is 314 g/mol. The molecule has 120 valence electrons. The van der Waals surface area contributed by atoms with Gasteiger partial charge in [0.2, 0.25) is 5.78 Å². The Labute approximate surface area is 134 Å². The van der Waals surface area contributed by atoms with Crippen LogP contribution >= 0.6 is 0 Å². The molecule has 0 aliphatic rings. The van der Waals surface area contributed by atoms with Gasteiger partial charge in [-0.1, -0.05) is 11.6 Å². The van der Waals surface area contributed by atoms with Gasteiger partial charge in [-0.15, -0.1) is 0 Å². The van der Waals surface area contributed by atoms with Crippen LogP contribution in [0.3, 0.4) is 0 Å².